The van der Waals surface area contributed by atoms with Crippen LogP contribution in [0.25, 0.3) is 0 Å². The van der Waals surface area contributed by atoms with Crippen LogP contribution in [0.1, 0.15) is 22.3 Å². The van der Waals surface area contributed by atoms with Gasteiger partial charge in [0.25, 0.3) is 0 Å². The molecule has 0 spiro atoms. The van der Waals surface area contributed by atoms with Gasteiger partial charge in [-0.1, -0.05) is 18.2 Å². The lowest BCUT2D eigenvalue weighted by Gasteiger charge is -2.13. The molecule has 0 aromatic heterocycles. The topological polar surface area (TPSA) is 20.2 Å². The normalized spacial score (nSPS) is 12.5. The van der Waals surface area contributed by atoms with E-state index in [-0.39, 0.29) is 16.5 Å². The Hall–Kier alpha value is -1.26. The third-order valence-electron chi connectivity index (χ3n) is 3.62. The molecule has 1 atom stereocenters. The van der Waals surface area contributed by atoms with Gasteiger partial charge >= 0.3 is 0 Å². The molecular formula is C17H17BrF2O. The Morgan fingerprint density at radius 2 is 1.76 bits per heavy atom. The minimum atomic E-state index is -0.828. The molecule has 4 heteroatoms. The molecule has 0 fully saturated rings. The summed E-state index contributed by atoms with van der Waals surface area (Å²) in [6, 6.07) is 8.43. The van der Waals surface area contributed by atoms with Gasteiger partial charge in [0.1, 0.15) is 11.6 Å². The van der Waals surface area contributed by atoms with E-state index >= 15 is 0 Å². The number of aryl methyl sites for hydroxylation is 2. The summed E-state index contributed by atoms with van der Waals surface area (Å²) in [5.74, 6) is -1.27. The molecule has 0 radical (unpaired) electrons. The molecule has 0 heterocycles. The van der Waals surface area contributed by atoms with Gasteiger partial charge in [0, 0.05) is 12.0 Å². The molecule has 0 saturated carbocycles. The van der Waals surface area contributed by atoms with Gasteiger partial charge in [-0.2, -0.15) is 0 Å². The minimum absolute atomic E-state index is 0.0516. The Morgan fingerprint density at radius 3 is 2.43 bits per heavy atom. The van der Waals surface area contributed by atoms with Gasteiger partial charge in [-0.3, -0.25) is 0 Å². The van der Waals surface area contributed by atoms with Crippen molar-refractivity contribution in [2.24, 2.45) is 0 Å². The van der Waals surface area contributed by atoms with Crippen molar-refractivity contribution < 1.29 is 13.9 Å². The number of aliphatic hydroxyl groups is 1. The molecule has 0 amide bonds. The number of aliphatic hydroxyl groups excluding tert-OH is 1. The predicted molar refractivity (Wildman–Crippen MR) is 83.4 cm³/mol. The quantitative estimate of drug-likeness (QED) is 0.802. The molecular weight excluding hydrogens is 338 g/mol. The van der Waals surface area contributed by atoms with Crippen LogP contribution < -0.4 is 0 Å². The molecule has 0 aliphatic carbocycles. The zero-order chi connectivity index (χ0) is 15.6. The van der Waals surface area contributed by atoms with Gasteiger partial charge in [-0.15, -0.1) is 0 Å². The Balaban J connectivity index is 2.13. The summed E-state index contributed by atoms with van der Waals surface area (Å²) < 4.78 is 27.8. The van der Waals surface area contributed by atoms with E-state index < -0.39 is 17.7 Å². The maximum atomic E-state index is 13.9. The molecule has 0 saturated heterocycles. The fourth-order valence-electron chi connectivity index (χ4n) is 2.27. The molecule has 1 unspecified atom stereocenters. The van der Waals surface area contributed by atoms with Crippen LogP contribution in [-0.2, 0) is 12.8 Å². The highest BCUT2D eigenvalue weighted by Gasteiger charge is 2.16. The highest BCUT2D eigenvalue weighted by atomic mass is 79.9. The zero-order valence-electron chi connectivity index (χ0n) is 12.0. The highest BCUT2D eigenvalue weighted by Crippen LogP contribution is 2.23. The van der Waals surface area contributed by atoms with E-state index in [1.165, 1.54) is 17.7 Å². The summed E-state index contributed by atoms with van der Waals surface area (Å²) in [6.07, 6.45) is -0.512. The van der Waals surface area contributed by atoms with Gasteiger partial charge in [0.15, 0.2) is 0 Å². The lowest BCUT2D eigenvalue weighted by atomic mass is 9.98. The van der Waals surface area contributed by atoms with E-state index in [0.717, 1.165) is 11.1 Å². The van der Waals surface area contributed by atoms with Crippen molar-refractivity contribution in [3.05, 3.63) is 68.7 Å². The van der Waals surface area contributed by atoms with E-state index in [1.54, 1.807) is 0 Å². The van der Waals surface area contributed by atoms with Crippen molar-refractivity contribution in [3.63, 3.8) is 0 Å². The van der Waals surface area contributed by atoms with Crippen LogP contribution in [0.5, 0.6) is 0 Å². The summed E-state index contributed by atoms with van der Waals surface area (Å²) in [6.45, 7) is 4.01. The van der Waals surface area contributed by atoms with Gasteiger partial charge in [0.2, 0.25) is 0 Å². The second-order valence-electron chi connectivity index (χ2n) is 5.30. The number of hydrogen-bond acceptors (Lipinski definition) is 1. The van der Waals surface area contributed by atoms with E-state index in [9.17, 15) is 13.9 Å². The maximum Gasteiger partial charge on any atom is 0.143 e. The molecule has 0 aliphatic rings. The van der Waals surface area contributed by atoms with Gasteiger partial charge in [-0.25, -0.2) is 8.78 Å². The van der Waals surface area contributed by atoms with Crippen LogP contribution >= 0.6 is 15.9 Å². The maximum absolute atomic E-state index is 13.9. The van der Waals surface area contributed by atoms with Crippen LogP contribution in [0.2, 0.25) is 0 Å². The summed E-state index contributed by atoms with van der Waals surface area (Å²) >= 11 is 3.03. The Bertz CT molecular complexity index is 655. The van der Waals surface area contributed by atoms with Gasteiger partial charge in [-0.05, 0) is 65.0 Å². The van der Waals surface area contributed by atoms with E-state index in [2.05, 4.69) is 15.9 Å². The third-order valence-corrected chi connectivity index (χ3v) is 4.23. The highest BCUT2D eigenvalue weighted by molar-refractivity contribution is 9.10. The second kappa shape index (κ2) is 6.67. The predicted octanol–water partition coefficient (Wildman–Crippen LogP) is 4.49. The first-order valence-corrected chi connectivity index (χ1v) is 7.54. The third kappa shape index (κ3) is 3.89. The van der Waals surface area contributed by atoms with Crippen LogP contribution in [0.4, 0.5) is 8.78 Å². The molecule has 2 aromatic carbocycles. The van der Waals surface area contributed by atoms with Crippen molar-refractivity contribution >= 4 is 15.9 Å². The Kier molecular flexibility index (Phi) is 5.12. The van der Waals surface area contributed by atoms with Crippen LogP contribution in [-0.4, -0.2) is 11.2 Å². The largest absolute Gasteiger partial charge is 0.392 e. The van der Waals surface area contributed by atoms with Crippen molar-refractivity contribution in [1.29, 1.82) is 0 Å². The molecule has 2 rings (SSSR count). The van der Waals surface area contributed by atoms with Crippen molar-refractivity contribution in [2.75, 3.05) is 0 Å². The van der Waals surface area contributed by atoms with Gasteiger partial charge < -0.3 is 5.11 Å². The van der Waals surface area contributed by atoms with Crippen LogP contribution in [0, 0.1) is 25.5 Å². The number of rotatable bonds is 4. The standard InChI is InChI=1S/C17H17BrF2O/c1-10-3-4-12(7-11(10)2)8-13(21)9-14-16(19)6-5-15(18)17(14)20/h3-7,13,21H,8-9H2,1-2H3. The van der Waals surface area contributed by atoms with E-state index in [1.807, 2.05) is 32.0 Å². The molecule has 21 heavy (non-hydrogen) atoms. The van der Waals surface area contributed by atoms with Gasteiger partial charge in [0.05, 0.1) is 10.6 Å². The number of halogens is 3. The van der Waals surface area contributed by atoms with Crippen LogP contribution in [0.15, 0.2) is 34.8 Å². The second-order valence-corrected chi connectivity index (χ2v) is 6.16. The summed E-state index contributed by atoms with van der Waals surface area (Å²) in [5, 5.41) is 10.1. The number of hydrogen-bond donors (Lipinski definition) is 1. The van der Waals surface area contributed by atoms with E-state index in [4.69, 9.17) is 0 Å². The minimum Gasteiger partial charge on any atom is -0.392 e. The van der Waals surface area contributed by atoms with Crippen molar-refractivity contribution in [3.8, 4) is 0 Å². The van der Waals surface area contributed by atoms with Crippen molar-refractivity contribution in [2.45, 2.75) is 32.8 Å². The van der Waals surface area contributed by atoms with Crippen molar-refractivity contribution in [1.82, 2.24) is 0 Å². The Morgan fingerprint density at radius 1 is 1.05 bits per heavy atom. The SMILES string of the molecule is Cc1ccc(CC(O)Cc2c(F)ccc(Br)c2F)cc1C. The summed E-state index contributed by atoms with van der Waals surface area (Å²) in [7, 11) is 0. The first kappa shape index (κ1) is 16.1. The fourth-order valence-corrected chi connectivity index (χ4v) is 2.64. The summed E-state index contributed by atoms with van der Waals surface area (Å²) in [5.41, 5.74) is 3.19. The first-order valence-electron chi connectivity index (χ1n) is 6.75. The summed E-state index contributed by atoms with van der Waals surface area (Å²) in [4.78, 5) is 0. The molecule has 1 nitrogen and oxygen atoms in total. The Labute approximate surface area is 131 Å². The number of benzene rings is 2. The lowest BCUT2D eigenvalue weighted by Crippen LogP contribution is -2.16. The van der Waals surface area contributed by atoms with Crippen LogP contribution in [0.3, 0.4) is 0 Å². The first-order chi connectivity index (χ1) is 9.88. The average Bonchev–Trinajstić information content (AvgIpc) is 2.43. The smallest absolute Gasteiger partial charge is 0.143 e. The molecule has 112 valence electrons. The molecule has 0 bridgehead atoms. The average molecular weight is 355 g/mol. The monoisotopic (exact) mass is 354 g/mol. The molecule has 1 N–H and O–H groups in total. The molecule has 2 aromatic rings. The van der Waals surface area contributed by atoms with E-state index in [0.29, 0.717) is 6.42 Å². The zero-order valence-corrected chi connectivity index (χ0v) is 13.5. The fraction of sp³-hybridized carbons (Fsp3) is 0.294. The molecule has 0 aliphatic heterocycles. The lowest BCUT2D eigenvalue weighted by molar-refractivity contribution is 0.172.